The maximum absolute atomic E-state index is 6.68. The highest BCUT2D eigenvalue weighted by Gasteiger charge is 2.54. The monoisotopic (exact) mass is 847 g/mol. The van der Waals surface area contributed by atoms with E-state index in [1.807, 2.05) is 36.4 Å². The summed E-state index contributed by atoms with van der Waals surface area (Å²) in [5.74, 6) is 4.29. The van der Waals surface area contributed by atoms with Crippen molar-refractivity contribution in [1.29, 1.82) is 0 Å². The number of hydrogen-bond donors (Lipinski definition) is 0. The normalized spacial score (nSPS) is 18.8. The Morgan fingerprint density at radius 1 is 0.484 bits per heavy atom. The van der Waals surface area contributed by atoms with E-state index in [-0.39, 0.29) is 0 Å². The smallest absolute Gasteiger partial charge is 0.494 e. The van der Waals surface area contributed by atoms with E-state index in [2.05, 4.69) is 121 Å². The molecular formula is C52H76B2N2O6. The molecule has 2 fully saturated rings. The van der Waals surface area contributed by atoms with Crippen molar-refractivity contribution in [3.05, 3.63) is 60.7 Å². The largest absolute Gasteiger partial charge is 0.497 e. The molecule has 6 rings (SSSR count). The van der Waals surface area contributed by atoms with Gasteiger partial charge in [0.2, 0.25) is 0 Å². The van der Waals surface area contributed by atoms with E-state index in [0.717, 1.165) is 69.6 Å². The summed E-state index contributed by atoms with van der Waals surface area (Å²) in [6.45, 7) is 31.7. The van der Waals surface area contributed by atoms with Crippen LogP contribution in [0.2, 0.25) is 0 Å². The summed E-state index contributed by atoms with van der Waals surface area (Å²) < 4.78 is 39.6. The van der Waals surface area contributed by atoms with Crippen molar-refractivity contribution < 1.29 is 28.1 Å². The van der Waals surface area contributed by atoms with Gasteiger partial charge >= 0.3 is 14.2 Å². The van der Waals surface area contributed by atoms with Crippen molar-refractivity contribution in [2.75, 3.05) is 13.2 Å². The van der Waals surface area contributed by atoms with Gasteiger partial charge < -0.3 is 28.1 Å². The lowest BCUT2D eigenvalue weighted by Crippen LogP contribution is -2.41. The Kier molecular flexibility index (Phi) is 15.3. The first-order chi connectivity index (χ1) is 29.2. The van der Waals surface area contributed by atoms with Gasteiger partial charge in [0.05, 0.1) is 58.0 Å². The number of benzene rings is 3. The third-order valence-electron chi connectivity index (χ3n) is 13.8. The number of hydrogen-bond acceptors (Lipinski definition) is 8. The molecule has 2 aliphatic rings. The lowest BCUT2D eigenvalue weighted by molar-refractivity contribution is 0.00578. The second-order valence-corrected chi connectivity index (χ2v) is 21.2. The van der Waals surface area contributed by atoms with E-state index in [1.165, 1.54) is 38.5 Å². The second kappa shape index (κ2) is 19.8. The highest BCUT2D eigenvalue weighted by Crippen LogP contribution is 2.40. The third kappa shape index (κ3) is 11.4. The Balaban J connectivity index is 1.43. The number of ether oxygens (including phenoxy) is 2. The lowest BCUT2D eigenvalue weighted by atomic mass is 9.72. The van der Waals surface area contributed by atoms with Gasteiger partial charge in [-0.1, -0.05) is 116 Å². The quantitative estimate of drug-likeness (QED) is 0.0814. The summed E-state index contributed by atoms with van der Waals surface area (Å²) in [6, 6.07) is 20.6. The van der Waals surface area contributed by atoms with E-state index in [0.29, 0.717) is 36.1 Å². The molecule has 3 heterocycles. The average molecular weight is 847 g/mol. The fraction of sp³-hybridized carbons (Fsp3) is 0.615. The molecule has 8 nitrogen and oxygen atoms in total. The minimum absolute atomic E-state index is 0.547. The maximum Gasteiger partial charge on any atom is 0.497 e. The highest BCUT2D eigenvalue weighted by molar-refractivity contribution is 6.68. The van der Waals surface area contributed by atoms with Crippen molar-refractivity contribution in [3.8, 4) is 34.0 Å². The molecule has 2 saturated heterocycles. The fourth-order valence-electron chi connectivity index (χ4n) is 8.16. The molecule has 0 amide bonds. The molecule has 0 N–H and O–H groups in total. The molecule has 2 unspecified atom stereocenters. The first kappa shape index (κ1) is 48.0. The summed E-state index contributed by atoms with van der Waals surface area (Å²) >= 11 is 0. The zero-order valence-electron chi connectivity index (χ0n) is 40.7. The minimum Gasteiger partial charge on any atom is -0.494 e. The van der Waals surface area contributed by atoms with Crippen LogP contribution in [0.5, 0.6) is 11.5 Å². The SMILES string of the molecule is CC(C)CCCC(C)CCOc1cccc(-c2nc3c(B4OC(C)(C)C(C)(C)O4)ccc(B4OC(C)(C)C(C)(C)O4)c3nc2-c2cccc(OCCC(C)CCCC(C)C)c2)c1. The molecule has 0 aliphatic carbocycles. The van der Waals surface area contributed by atoms with E-state index in [1.54, 1.807) is 0 Å². The number of rotatable bonds is 20. The molecule has 0 bridgehead atoms. The van der Waals surface area contributed by atoms with Crippen molar-refractivity contribution in [3.63, 3.8) is 0 Å². The van der Waals surface area contributed by atoms with Crippen LogP contribution >= 0.6 is 0 Å². The Labute approximate surface area is 375 Å². The molecule has 10 heteroatoms. The van der Waals surface area contributed by atoms with Crippen LogP contribution < -0.4 is 20.4 Å². The molecule has 4 aromatic rings. The van der Waals surface area contributed by atoms with Crippen molar-refractivity contribution in [2.24, 2.45) is 23.7 Å². The topological polar surface area (TPSA) is 81.2 Å². The summed E-state index contributed by atoms with van der Waals surface area (Å²) in [5, 5.41) is 0. The predicted octanol–water partition coefficient (Wildman–Crippen LogP) is 12.0. The first-order valence-electron chi connectivity index (χ1n) is 23.7. The van der Waals surface area contributed by atoms with E-state index < -0.39 is 36.6 Å². The predicted molar refractivity (Wildman–Crippen MR) is 258 cm³/mol. The molecule has 62 heavy (non-hydrogen) atoms. The highest BCUT2D eigenvalue weighted by atomic mass is 16.7. The van der Waals surface area contributed by atoms with Crippen LogP contribution in [0.1, 0.15) is 148 Å². The van der Waals surface area contributed by atoms with Crippen molar-refractivity contribution in [2.45, 2.75) is 171 Å². The molecule has 0 radical (unpaired) electrons. The maximum atomic E-state index is 6.68. The molecular weight excluding hydrogens is 770 g/mol. The molecule has 0 spiro atoms. The molecule has 2 atom stereocenters. The summed E-state index contributed by atoms with van der Waals surface area (Å²) in [7, 11) is -1.32. The molecule has 1 aromatic heterocycles. The van der Waals surface area contributed by atoms with Gasteiger partial charge in [-0.25, -0.2) is 9.97 Å². The van der Waals surface area contributed by atoms with E-state index in [9.17, 15) is 0 Å². The third-order valence-corrected chi connectivity index (χ3v) is 13.8. The Morgan fingerprint density at radius 2 is 0.839 bits per heavy atom. The standard InChI is InChI=1S/C52H76B2N2O6/c1-35(2)19-15-21-37(5)29-31-57-41-25-17-23-39(33-41)45-46(40-24-18-26-42(34-40)58-32-30-38(6)22-16-20-36(3)4)56-48-44(54-61-51(11,12)52(13,14)62-54)28-27-43(47(48)55-45)53-59-49(7,8)50(9,10)60-53/h17-18,23-28,33-38H,15-16,19-22,29-32H2,1-14H3. The summed E-state index contributed by atoms with van der Waals surface area (Å²) in [5.41, 5.74) is 4.03. The number of fused-ring (bicyclic) bond motifs is 1. The zero-order chi connectivity index (χ0) is 45.0. The summed E-state index contributed by atoms with van der Waals surface area (Å²) in [6.07, 6.45) is 9.50. The molecule has 3 aromatic carbocycles. The van der Waals surface area contributed by atoms with E-state index in [4.69, 9.17) is 38.1 Å². The Morgan fingerprint density at radius 3 is 1.18 bits per heavy atom. The Hall–Kier alpha value is -3.43. The van der Waals surface area contributed by atoms with Gasteiger partial charge in [-0.2, -0.15) is 0 Å². The van der Waals surface area contributed by atoms with Crippen LogP contribution in [0.4, 0.5) is 0 Å². The lowest BCUT2D eigenvalue weighted by Gasteiger charge is -2.32. The molecule has 336 valence electrons. The number of nitrogens with zero attached hydrogens (tertiary/aromatic N) is 2. The molecule has 2 aliphatic heterocycles. The van der Waals surface area contributed by atoms with Crippen LogP contribution in [-0.4, -0.2) is 59.8 Å². The van der Waals surface area contributed by atoms with Gasteiger partial charge in [-0.15, -0.1) is 0 Å². The van der Waals surface area contributed by atoms with Gasteiger partial charge in [0.15, 0.2) is 0 Å². The van der Waals surface area contributed by atoms with Crippen molar-refractivity contribution in [1.82, 2.24) is 9.97 Å². The number of aromatic nitrogens is 2. The van der Waals surface area contributed by atoms with Crippen LogP contribution in [0.15, 0.2) is 60.7 Å². The first-order valence-corrected chi connectivity index (χ1v) is 23.7. The van der Waals surface area contributed by atoms with Gasteiger partial charge in [0, 0.05) is 22.1 Å². The van der Waals surface area contributed by atoms with Gasteiger partial charge in [-0.3, -0.25) is 0 Å². The van der Waals surface area contributed by atoms with E-state index >= 15 is 0 Å². The Bertz CT molecular complexity index is 1940. The van der Waals surface area contributed by atoms with Crippen LogP contribution in [-0.2, 0) is 18.6 Å². The van der Waals surface area contributed by atoms with Crippen LogP contribution in [0.3, 0.4) is 0 Å². The minimum atomic E-state index is -0.662. The van der Waals surface area contributed by atoms with Crippen LogP contribution in [0, 0.1) is 23.7 Å². The van der Waals surface area contributed by atoms with Gasteiger partial charge in [0.25, 0.3) is 0 Å². The molecule has 0 saturated carbocycles. The van der Waals surface area contributed by atoms with Gasteiger partial charge in [-0.05, 0) is 116 Å². The second-order valence-electron chi connectivity index (χ2n) is 21.2. The zero-order valence-corrected chi connectivity index (χ0v) is 40.7. The van der Waals surface area contributed by atoms with Crippen molar-refractivity contribution >= 4 is 36.2 Å². The summed E-state index contributed by atoms with van der Waals surface area (Å²) in [4.78, 5) is 11.2. The van der Waals surface area contributed by atoms with Crippen LogP contribution in [0.25, 0.3) is 33.5 Å². The van der Waals surface area contributed by atoms with Gasteiger partial charge in [0.1, 0.15) is 11.5 Å². The average Bonchev–Trinajstić information content (AvgIpc) is 3.55. The fourth-order valence-corrected chi connectivity index (χ4v) is 8.16.